The second-order valence-corrected chi connectivity index (χ2v) is 4.65. The van der Waals surface area contributed by atoms with Crippen molar-refractivity contribution in [2.24, 2.45) is 0 Å². The molecule has 106 valence electrons. The first kappa shape index (κ1) is 15.7. The summed E-state index contributed by atoms with van der Waals surface area (Å²) in [4.78, 5) is 0. The van der Waals surface area contributed by atoms with E-state index < -0.39 is 23.4 Å². The Morgan fingerprint density at radius 1 is 1.26 bits per heavy atom. The number of allylic oxidation sites excluding steroid dienone is 1. The van der Waals surface area contributed by atoms with E-state index in [0.717, 1.165) is 12.1 Å². The third kappa shape index (κ3) is 4.36. The number of rotatable bonds is 4. The van der Waals surface area contributed by atoms with Crippen LogP contribution in [0.5, 0.6) is 0 Å². The zero-order valence-electron chi connectivity index (χ0n) is 10.8. The molecule has 0 aliphatic heterocycles. The summed E-state index contributed by atoms with van der Waals surface area (Å²) in [5, 5.41) is 19.8. The molecule has 0 unspecified atom stereocenters. The lowest BCUT2D eigenvalue weighted by molar-refractivity contribution is -0.137. The average molecular weight is 274 g/mol. The summed E-state index contributed by atoms with van der Waals surface area (Å²) in [7, 11) is 0. The van der Waals surface area contributed by atoms with E-state index in [9.17, 15) is 23.4 Å². The highest BCUT2D eigenvalue weighted by Crippen LogP contribution is 2.33. The van der Waals surface area contributed by atoms with Crippen molar-refractivity contribution < 1.29 is 23.4 Å². The molecule has 0 amide bonds. The number of aliphatic hydroxyl groups is 2. The molecule has 2 N–H and O–H groups in total. The summed E-state index contributed by atoms with van der Waals surface area (Å²) >= 11 is 0. The number of hydrogen-bond acceptors (Lipinski definition) is 2. The van der Waals surface area contributed by atoms with Crippen LogP contribution in [-0.4, -0.2) is 16.3 Å². The molecule has 2 atom stereocenters. The van der Waals surface area contributed by atoms with E-state index in [-0.39, 0.29) is 12.0 Å². The molecular formula is C14H17F3O2. The van der Waals surface area contributed by atoms with Gasteiger partial charge < -0.3 is 10.2 Å². The van der Waals surface area contributed by atoms with Gasteiger partial charge in [0.15, 0.2) is 0 Å². The van der Waals surface area contributed by atoms with E-state index in [0.29, 0.717) is 0 Å². The Morgan fingerprint density at radius 3 is 2.37 bits per heavy atom. The molecule has 0 radical (unpaired) electrons. The van der Waals surface area contributed by atoms with Gasteiger partial charge in [-0.2, -0.15) is 13.2 Å². The van der Waals surface area contributed by atoms with Crippen LogP contribution in [0.1, 0.15) is 31.4 Å². The number of benzene rings is 1. The van der Waals surface area contributed by atoms with Gasteiger partial charge in [-0.1, -0.05) is 24.3 Å². The zero-order valence-corrected chi connectivity index (χ0v) is 10.8. The van der Waals surface area contributed by atoms with Crippen LogP contribution in [0.3, 0.4) is 0 Å². The number of halogens is 3. The van der Waals surface area contributed by atoms with Crippen LogP contribution in [0.4, 0.5) is 13.2 Å². The van der Waals surface area contributed by atoms with Gasteiger partial charge in [0.05, 0.1) is 17.3 Å². The topological polar surface area (TPSA) is 40.5 Å². The van der Waals surface area contributed by atoms with E-state index >= 15 is 0 Å². The SMILES string of the molecule is C/C=C/[C@H](O)C[C@](C)(O)c1cccc(C(F)(F)F)c1. The van der Waals surface area contributed by atoms with Gasteiger partial charge in [-0.15, -0.1) is 0 Å². The van der Waals surface area contributed by atoms with Crippen LogP contribution in [0, 0.1) is 0 Å². The van der Waals surface area contributed by atoms with Gasteiger partial charge in [0, 0.05) is 6.42 Å². The summed E-state index contributed by atoms with van der Waals surface area (Å²) in [5.74, 6) is 0. The molecule has 1 rings (SSSR count). The van der Waals surface area contributed by atoms with Crippen molar-refractivity contribution in [3.05, 3.63) is 47.5 Å². The molecule has 0 aliphatic rings. The van der Waals surface area contributed by atoms with Gasteiger partial charge in [0.1, 0.15) is 0 Å². The Bertz CT molecular complexity index is 450. The predicted molar refractivity (Wildman–Crippen MR) is 66.5 cm³/mol. The minimum Gasteiger partial charge on any atom is -0.389 e. The van der Waals surface area contributed by atoms with E-state index in [2.05, 4.69) is 0 Å². The highest BCUT2D eigenvalue weighted by atomic mass is 19.4. The highest BCUT2D eigenvalue weighted by Gasteiger charge is 2.33. The van der Waals surface area contributed by atoms with E-state index in [1.165, 1.54) is 25.1 Å². The lowest BCUT2D eigenvalue weighted by atomic mass is 9.89. The molecule has 1 aromatic rings. The second-order valence-electron chi connectivity index (χ2n) is 4.65. The largest absolute Gasteiger partial charge is 0.416 e. The number of alkyl halides is 3. The summed E-state index contributed by atoms with van der Waals surface area (Å²) in [6.07, 6.45) is -2.34. The summed E-state index contributed by atoms with van der Waals surface area (Å²) < 4.78 is 37.8. The molecule has 0 heterocycles. The molecule has 19 heavy (non-hydrogen) atoms. The molecule has 2 nitrogen and oxygen atoms in total. The van der Waals surface area contributed by atoms with Crippen molar-refractivity contribution in [2.75, 3.05) is 0 Å². The first-order chi connectivity index (χ1) is 8.66. The summed E-state index contributed by atoms with van der Waals surface area (Å²) in [5.41, 5.74) is -2.21. The maximum atomic E-state index is 12.6. The lowest BCUT2D eigenvalue weighted by Gasteiger charge is -2.26. The first-order valence-electron chi connectivity index (χ1n) is 5.88. The Balaban J connectivity index is 3.01. The molecule has 0 aliphatic carbocycles. The van der Waals surface area contributed by atoms with Gasteiger partial charge in [0.25, 0.3) is 0 Å². The Hall–Kier alpha value is -1.33. The minimum absolute atomic E-state index is 0.0708. The van der Waals surface area contributed by atoms with Crippen molar-refractivity contribution >= 4 is 0 Å². The zero-order chi connectivity index (χ0) is 14.7. The van der Waals surface area contributed by atoms with Crippen molar-refractivity contribution in [3.8, 4) is 0 Å². The van der Waals surface area contributed by atoms with Crippen molar-refractivity contribution in [3.63, 3.8) is 0 Å². The van der Waals surface area contributed by atoms with E-state index in [4.69, 9.17) is 0 Å². The molecule has 0 bridgehead atoms. The van der Waals surface area contributed by atoms with Crippen LogP contribution >= 0.6 is 0 Å². The number of hydrogen-bond donors (Lipinski definition) is 2. The summed E-state index contributed by atoms with van der Waals surface area (Å²) in [6, 6.07) is 4.51. The fourth-order valence-corrected chi connectivity index (χ4v) is 1.85. The normalized spacial score (nSPS) is 17.4. The molecule has 0 aromatic heterocycles. The fraction of sp³-hybridized carbons (Fsp3) is 0.429. The maximum absolute atomic E-state index is 12.6. The quantitative estimate of drug-likeness (QED) is 0.827. The first-order valence-corrected chi connectivity index (χ1v) is 5.88. The third-order valence-electron chi connectivity index (χ3n) is 2.83. The Labute approximate surface area is 110 Å². The van der Waals surface area contributed by atoms with Crippen molar-refractivity contribution in [1.29, 1.82) is 0 Å². The lowest BCUT2D eigenvalue weighted by Crippen LogP contribution is -2.27. The van der Waals surface area contributed by atoms with Gasteiger partial charge in [0.2, 0.25) is 0 Å². The highest BCUT2D eigenvalue weighted by molar-refractivity contribution is 5.29. The van der Waals surface area contributed by atoms with Crippen LogP contribution in [0.15, 0.2) is 36.4 Å². The molecule has 1 aromatic carbocycles. The van der Waals surface area contributed by atoms with E-state index in [1.54, 1.807) is 13.0 Å². The molecule has 5 heteroatoms. The van der Waals surface area contributed by atoms with Gasteiger partial charge >= 0.3 is 6.18 Å². The summed E-state index contributed by atoms with van der Waals surface area (Å²) in [6.45, 7) is 3.09. The van der Waals surface area contributed by atoms with Crippen LogP contribution in [0.25, 0.3) is 0 Å². The third-order valence-corrected chi connectivity index (χ3v) is 2.83. The fourth-order valence-electron chi connectivity index (χ4n) is 1.85. The Morgan fingerprint density at radius 2 is 1.84 bits per heavy atom. The standard InChI is InChI=1S/C14H17F3O2/c1-3-5-12(18)9-13(2,19)10-6-4-7-11(8-10)14(15,16)17/h3-8,12,18-19H,9H2,1-2H3/b5-3+/t12-,13-/m0/s1. The molecule has 0 spiro atoms. The smallest absolute Gasteiger partial charge is 0.389 e. The van der Waals surface area contributed by atoms with Crippen LogP contribution in [0.2, 0.25) is 0 Å². The monoisotopic (exact) mass is 274 g/mol. The second kappa shape index (κ2) is 5.75. The molecular weight excluding hydrogens is 257 g/mol. The molecule has 0 fully saturated rings. The van der Waals surface area contributed by atoms with Gasteiger partial charge in [-0.3, -0.25) is 0 Å². The van der Waals surface area contributed by atoms with Gasteiger partial charge in [-0.05, 0) is 31.5 Å². The van der Waals surface area contributed by atoms with E-state index in [1.807, 2.05) is 0 Å². The molecule has 0 saturated carbocycles. The average Bonchev–Trinajstić information content (AvgIpc) is 2.27. The van der Waals surface area contributed by atoms with Crippen molar-refractivity contribution in [1.82, 2.24) is 0 Å². The number of aliphatic hydroxyl groups excluding tert-OH is 1. The molecule has 0 saturated heterocycles. The minimum atomic E-state index is -4.45. The predicted octanol–water partition coefficient (Wildman–Crippen LogP) is 3.24. The van der Waals surface area contributed by atoms with Gasteiger partial charge in [-0.25, -0.2) is 0 Å². The maximum Gasteiger partial charge on any atom is 0.416 e. The van der Waals surface area contributed by atoms with Crippen LogP contribution < -0.4 is 0 Å². The Kier molecular flexibility index (Phi) is 4.76. The van der Waals surface area contributed by atoms with Crippen LogP contribution in [-0.2, 0) is 11.8 Å². The van der Waals surface area contributed by atoms with Crippen molar-refractivity contribution in [2.45, 2.75) is 38.1 Å².